The molecule has 2 N–H and O–H groups in total. The van der Waals surface area contributed by atoms with Gasteiger partial charge in [0, 0.05) is 44.5 Å². The van der Waals surface area contributed by atoms with Crippen molar-refractivity contribution in [3.63, 3.8) is 0 Å². The molecule has 43 heavy (non-hydrogen) atoms. The van der Waals surface area contributed by atoms with Gasteiger partial charge in [0.05, 0.1) is 17.1 Å². The van der Waals surface area contributed by atoms with Gasteiger partial charge in [0.15, 0.2) is 0 Å². The fourth-order valence-electron chi connectivity index (χ4n) is 7.06. The summed E-state index contributed by atoms with van der Waals surface area (Å²) in [5.74, 6) is 0.304. The van der Waals surface area contributed by atoms with Gasteiger partial charge in [-0.05, 0) is 62.1 Å². The number of aromatic amines is 1. The van der Waals surface area contributed by atoms with Crippen LogP contribution in [0, 0.1) is 19.8 Å². The molecule has 2 atom stereocenters. The van der Waals surface area contributed by atoms with E-state index in [1.807, 2.05) is 50.9 Å². The van der Waals surface area contributed by atoms with Gasteiger partial charge in [0.2, 0.25) is 21.8 Å². The third kappa shape index (κ3) is 6.40. The molecule has 0 aliphatic carbocycles. The zero-order chi connectivity index (χ0) is 31.5. The zero-order valence-corrected chi connectivity index (χ0v) is 27.8. The van der Waals surface area contributed by atoms with Crippen LogP contribution in [0.4, 0.5) is 0 Å². The van der Waals surface area contributed by atoms with E-state index in [0.29, 0.717) is 73.9 Å². The van der Waals surface area contributed by atoms with Crippen molar-refractivity contribution in [3.8, 4) is 0 Å². The summed E-state index contributed by atoms with van der Waals surface area (Å²) in [6.45, 7) is 16.3. The van der Waals surface area contributed by atoms with E-state index in [2.05, 4.69) is 41.2 Å². The Labute approximate surface area is 257 Å². The highest BCUT2D eigenvalue weighted by molar-refractivity contribution is 7.89. The second-order valence-corrected chi connectivity index (χ2v) is 14.4. The van der Waals surface area contributed by atoms with Crippen molar-refractivity contribution < 1.29 is 18.0 Å². The number of nitrogens with one attached hydrogen (secondary N) is 2. The predicted molar refractivity (Wildman–Crippen MR) is 168 cm³/mol. The average molecular weight is 615 g/mol. The summed E-state index contributed by atoms with van der Waals surface area (Å²) in [4.78, 5) is 32.1. The molecule has 2 aliphatic heterocycles. The van der Waals surface area contributed by atoms with Gasteiger partial charge in [-0.2, -0.15) is 9.40 Å². The van der Waals surface area contributed by atoms with E-state index in [1.54, 1.807) is 6.20 Å². The lowest BCUT2D eigenvalue weighted by Gasteiger charge is -2.52. The first kappa shape index (κ1) is 33.1. The standard InChI is InChI=1S/C32H50N6O4S/c1-8-11-14-38-30(39)27(17-22(4)5)35-31(40)32(38)12-15-36(16-13-32)28(26-20-33-34-21-26)25-18-23(6)29(24(7)19-25)43(41,42)37(9-2)10-3/h18-22,27-28H,8-17H2,1-7H3,(H,33,34)(H,35,40)/t27-,28?/m0/s1. The Kier molecular flexibility index (Phi) is 10.4. The molecule has 1 spiro atoms. The average Bonchev–Trinajstić information content (AvgIpc) is 3.47. The second-order valence-electron chi connectivity index (χ2n) is 12.6. The normalized spacial score (nSPS) is 20.3. The molecular weight excluding hydrogens is 564 g/mol. The van der Waals surface area contributed by atoms with Gasteiger partial charge in [-0.15, -0.1) is 0 Å². The van der Waals surface area contributed by atoms with E-state index in [1.165, 1.54) is 4.31 Å². The number of piperidine rings is 1. The number of benzene rings is 1. The number of hydrogen-bond acceptors (Lipinski definition) is 6. The number of aryl methyl sites for hydroxylation is 2. The number of H-pyrrole nitrogens is 1. The van der Waals surface area contributed by atoms with E-state index in [-0.39, 0.29) is 17.9 Å². The van der Waals surface area contributed by atoms with Crippen LogP contribution in [0.2, 0.25) is 0 Å². The molecule has 2 aromatic rings. The maximum atomic E-state index is 13.8. The van der Waals surface area contributed by atoms with Crippen molar-refractivity contribution in [2.24, 2.45) is 5.92 Å². The number of amides is 2. The number of carbonyl (C=O) groups is 2. The zero-order valence-electron chi connectivity index (χ0n) is 26.9. The Morgan fingerprint density at radius 2 is 1.67 bits per heavy atom. The van der Waals surface area contributed by atoms with Gasteiger partial charge in [0.25, 0.3) is 0 Å². The van der Waals surface area contributed by atoms with Crippen LogP contribution in [0.1, 0.15) is 95.0 Å². The Hall–Kier alpha value is -2.76. The van der Waals surface area contributed by atoms with E-state index in [0.717, 1.165) is 24.0 Å². The smallest absolute Gasteiger partial charge is 0.246 e. The number of carbonyl (C=O) groups excluding carboxylic acids is 2. The van der Waals surface area contributed by atoms with Crippen LogP contribution >= 0.6 is 0 Å². The first-order valence-corrected chi connectivity index (χ1v) is 17.3. The van der Waals surface area contributed by atoms with Crippen molar-refractivity contribution in [2.45, 2.75) is 103 Å². The Morgan fingerprint density at radius 3 is 2.19 bits per heavy atom. The number of aromatic nitrogens is 2. The number of piperazine rings is 1. The molecule has 10 nitrogen and oxygen atoms in total. The molecule has 1 aromatic heterocycles. The molecule has 11 heteroatoms. The Morgan fingerprint density at radius 1 is 1.05 bits per heavy atom. The summed E-state index contributed by atoms with van der Waals surface area (Å²) in [5, 5.41) is 10.3. The number of rotatable bonds is 12. The third-order valence-corrected chi connectivity index (χ3v) is 11.5. The summed E-state index contributed by atoms with van der Waals surface area (Å²) < 4.78 is 28.5. The van der Waals surface area contributed by atoms with Crippen LogP contribution in [0.25, 0.3) is 0 Å². The first-order valence-electron chi connectivity index (χ1n) is 15.9. The molecule has 2 fully saturated rings. The number of likely N-dealkylation sites (tertiary alicyclic amines) is 1. The fraction of sp³-hybridized carbons (Fsp3) is 0.656. The van der Waals surface area contributed by atoms with Crippen molar-refractivity contribution >= 4 is 21.8 Å². The Bertz CT molecular complexity index is 1360. The molecule has 2 amide bonds. The van der Waals surface area contributed by atoms with Crippen molar-refractivity contribution in [1.29, 1.82) is 0 Å². The minimum absolute atomic E-state index is 0.0361. The quantitative estimate of drug-likeness (QED) is 0.371. The van der Waals surface area contributed by atoms with E-state index in [4.69, 9.17) is 0 Å². The van der Waals surface area contributed by atoms with Crippen LogP contribution in [0.5, 0.6) is 0 Å². The first-order chi connectivity index (χ1) is 20.4. The summed E-state index contributed by atoms with van der Waals surface area (Å²) in [5.41, 5.74) is 2.52. The van der Waals surface area contributed by atoms with Gasteiger partial charge < -0.3 is 10.2 Å². The Balaban J connectivity index is 1.66. The van der Waals surface area contributed by atoms with Gasteiger partial charge in [0.1, 0.15) is 11.6 Å². The minimum Gasteiger partial charge on any atom is -0.342 e. The van der Waals surface area contributed by atoms with Crippen LogP contribution in [-0.2, 0) is 19.6 Å². The molecule has 0 saturated carbocycles. The summed E-state index contributed by atoms with van der Waals surface area (Å²) >= 11 is 0. The largest absolute Gasteiger partial charge is 0.342 e. The molecule has 1 aromatic carbocycles. The van der Waals surface area contributed by atoms with Crippen LogP contribution < -0.4 is 5.32 Å². The van der Waals surface area contributed by atoms with Gasteiger partial charge in [-0.3, -0.25) is 19.6 Å². The number of sulfonamides is 1. The molecule has 0 bridgehead atoms. The third-order valence-electron chi connectivity index (χ3n) is 9.18. The number of unbranched alkanes of at least 4 members (excludes halogenated alkanes) is 1. The lowest BCUT2D eigenvalue weighted by Crippen LogP contribution is -2.73. The summed E-state index contributed by atoms with van der Waals surface area (Å²) in [6.07, 6.45) is 7.19. The summed E-state index contributed by atoms with van der Waals surface area (Å²) in [6, 6.07) is 3.31. The second kappa shape index (κ2) is 13.5. The number of nitrogens with zero attached hydrogens (tertiary/aromatic N) is 4. The minimum atomic E-state index is -3.62. The monoisotopic (exact) mass is 614 g/mol. The number of hydrogen-bond donors (Lipinski definition) is 2. The van der Waals surface area contributed by atoms with Gasteiger partial charge >= 0.3 is 0 Å². The molecule has 1 unspecified atom stereocenters. The van der Waals surface area contributed by atoms with Gasteiger partial charge in [-0.25, -0.2) is 8.42 Å². The maximum absolute atomic E-state index is 13.8. The molecule has 238 valence electrons. The topological polar surface area (TPSA) is 119 Å². The highest BCUT2D eigenvalue weighted by Crippen LogP contribution is 2.40. The van der Waals surface area contributed by atoms with E-state index >= 15 is 0 Å². The highest BCUT2D eigenvalue weighted by Gasteiger charge is 2.53. The van der Waals surface area contributed by atoms with Crippen molar-refractivity contribution in [2.75, 3.05) is 32.7 Å². The van der Waals surface area contributed by atoms with Crippen molar-refractivity contribution in [3.05, 3.63) is 46.8 Å². The van der Waals surface area contributed by atoms with Crippen LogP contribution in [0.3, 0.4) is 0 Å². The van der Waals surface area contributed by atoms with Crippen LogP contribution in [0.15, 0.2) is 29.4 Å². The lowest BCUT2D eigenvalue weighted by atomic mass is 9.79. The SMILES string of the molecule is CCCCN1C(=O)[C@H](CC(C)C)NC(=O)C12CCN(C(c1cn[nH]c1)c1cc(C)c(S(=O)(=O)N(CC)CC)c(C)c1)CC2. The van der Waals surface area contributed by atoms with E-state index in [9.17, 15) is 18.0 Å². The predicted octanol–water partition coefficient (Wildman–Crippen LogP) is 4.15. The molecule has 3 heterocycles. The van der Waals surface area contributed by atoms with Crippen molar-refractivity contribution in [1.82, 2.24) is 29.6 Å². The highest BCUT2D eigenvalue weighted by atomic mass is 32.2. The van der Waals surface area contributed by atoms with Crippen LogP contribution in [-0.4, -0.2) is 88.8 Å². The van der Waals surface area contributed by atoms with Gasteiger partial charge in [-0.1, -0.05) is 53.2 Å². The molecule has 2 aliphatic rings. The fourth-order valence-corrected chi connectivity index (χ4v) is 8.93. The molecule has 4 rings (SSSR count). The molecule has 0 radical (unpaired) electrons. The molecular formula is C32H50N6O4S. The van der Waals surface area contributed by atoms with E-state index < -0.39 is 21.6 Å². The maximum Gasteiger partial charge on any atom is 0.246 e. The molecule has 2 saturated heterocycles. The summed E-state index contributed by atoms with van der Waals surface area (Å²) in [7, 11) is -3.62. The lowest BCUT2D eigenvalue weighted by molar-refractivity contribution is -0.162.